The molecule has 0 aromatic carbocycles. The summed E-state index contributed by atoms with van der Waals surface area (Å²) in [6.45, 7) is 10.2. The van der Waals surface area contributed by atoms with Gasteiger partial charge in [0.15, 0.2) is 5.79 Å². The Morgan fingerprint density at radius 3 is 2.35 bits per heavy atom. The second-order valence-corrected chi connectivity index (χ2v) is 13.1. The van der Waals surface area contributed by atoms with Gasteiger partial charge in [-0.2, -0.15) is 0 Å². The minimum absolute atomic E-state index is 0.0164. The Kier molecular flexibility index (Phi) is 4.78. The molecule has 2 heterocycles. The van der Waals surface area contributed by atoms with E-state index in [4.69, 9.17) is 9.47 Å². The van der Waals surface area contributed by atoms with Gasteiger partial charge in [-0.3, -0.25) is 0 Å². The highest BCUT2D eigenvalue weighted by Gasteiger charge is 2.71. The lowest BCUT2D eigenvalue weighted by Gasteiger charge is -2.63. The van der Waals surface area contributed by atoms with Gasteiger partial charge in [-0.05, 0) is 80.0 Å². The lowest BCUT2D eigenvalue weighted by Crippen LogP contribution is -2.61. The minimum Gasteiger partial charge on any atom is -0.393 e. The molecule has 3 unspecified atom stereocenters. The molecule has 0 bridgehead atoms. The van der Waals surface area contributed by atoms with Crippen LogP contribution in [-0.4, -0.2) is 40.9 Å². The molecule has 4 heteroatoms. The van der Waals surface area contributed by atoms with Crippen molar-refractivity contribution in [1.29, 1.82) is 0 Å². The third-order valence-electron chi connectivity index (χ3n) is 12.1. The molecule has 176 valence electrons. The molecular weight excluding hydrogens is 388 g/mol. The average molecular weight is 433 g/mol. The third-order valence-corrected chi connectivity index (χ3v) is 12.1. The number of fused-ring (bicyclic) bond motifs is 7. The fourth-order valence-electron chi connectivity index (χ4n) is 10.3. The summed E-state index contributed by atoms with van der Waals surface area (Å²) in [5, 5.41) is 22.9. The SMILES string of the molecule is C[C@@H]1CC[C@@]2(OC1)O[C@H]1C[C@H]3[C@@H]4CCC5CCCC(O)[C@]5(C)[C@H]4CC(O)[C@]3(C)[C@H]1[C@@H]2C. The summed E-state index contributed by atoms with van der Waals surface area (Å²) in [6, 6.07) is 0. The predicted octanol–water partition coefficient (Wildman–Crippen LogP) is 4.76. The summed E-state index contributed by atoms with van der Waals surface area (Å²) in [6.07, 6.45) is 9.72. The Balaban J connectivity index is 1.32. The van der Waals surface area contributed by atoms with Gasteiger partial charge in [-0.15, -0.1) is 0 Å². The Morgan fingerprint density at radius 1 is 0.839 bits per heavy atom. The van der Waals surface area contributed by atoms with Crippen molar-refractivity contribution >= 4 is 0 Å². The van der Waals surface area contributed by atoms with Crippen LogP contribution in [0.25, 0.3) is 0 Å². The number of rotatable bonds is 0. The summed E-state index contributed by atoms with van der Waals surface area (Å²) in [7, 11) is 0. The summed E-state index contributed by atoms with van der Waals surface area (Å²) in [4.78, 5) is 0. The van der Waals surface area contributed by atoms with E-state index in [1.54, 1.807) is 0 Å². The topological polar surface area (TPSA) is 58.9 Å². The van der Waals surface area contributed by atoms with Crippen LogP contribution < -0.4 is 0 Å². The van der Waals surface area contributed by atoms with Gasteiger partial charge in [-0.25, -0.2) is 0 Å². The van der Waals surface area contributed by atoms with Crippen LogP contribution in [0.5, 0.6) is 0 Å². The van der Waals surface area contributed by atoms with Crippen LogP contribution in [0.3, 0.4) is 0 Å². The standard InChI is InChI=1S/C27H44O4/c1-15-10-11-27(30-14-15)16(2)24-21(31-27)12-19-18-9-8-17-6-5-7-22(28)25(17,3)20(18)13-23(29)26(19,24)4/h15-24,28-29H,5-14H2,1-4H3/t15-,16+,17?,18+,19+,20+,21+,22?,23?,24+,25+,26-,27-/m1/s1. The number of aliphatic hydroxyl groups is 2. The first-order valence-corrected chi connectivity index (χ1v) is 13.4. The molecule has 0 aromatic heterocycles. The van der Waals surface area contributed by atoms with Gasteiger partial charge < -0.3 is 19.7 Å². The highest BCUT2D eigenvalue weighted by atomic mass is 16.7. The van der Waals surface area contributed by atoms with Crippen LogP contribution in [0.1, 0.15) is 85.5 Å². The van der Waals surface area contributed by atoms with Gasteiger partial charge in [0, 0.05) is 23.7 Å². The van der Waals surface area contributed by atoms with Crippen LogP contribution in [0, 0.1) is 52.3 Å². The molecule has 0 amide bonds. The predicted molar refractivity (Wildman–Crippen MR) is 119 cm³/mol. The fraction of sp³-hybridized carbons (Fsp3) is 1.00. The molecule has 4 aliphatic carbocycles. The largest absolute Gasteiger partial charge is 0.393 e. The number of hydrogen-bond acceptors (Lipinski definition) is 4. The molecule has 31 heavy (non-hydrogen) atoms. The van der Waals surface area contributed by atoms with Crippen molar-refractivity contribution in [3.8, 4) is 0 Å². The fourth-order valence-corrected chi connectivity index (χ4v) is 10.3. The lowest BCUT2D eigenvalue weighted by atomic mass is 9.43. The Bertz CT molecular complexity index is 716. The van der Waals surface area contributed by atoms with Crippen molar-refractivity contribution in [3.05, 3.63) is 0 Å². The van der Waals surface area contributed by atoms with Gasteiger partial charge in [-0.1, -0.05) is 34.1 Å². The molecule has 2 N–H and O–H groups in total. The molecule has 6 aliphatic rings. The summed E-state index contributed by atoms with van der Waals surface area (Å²) < 4.78 is 13.2. The normalized spacial score (nSPS) is 63.3. The summed E-state index contributed by atoms with van der Waals surface area (Å²) >= 11 is 0. The van der Waals surface area contributed by atoms with E-state index < -0.39 is 5.79 Å². The van der Waals surface area contributed by atoms with E-state index in [2.05, 4.69) is 27.7 Å². The van der Waals surface area contributed by atoms with Crippen molar-refractivity contribution in [2.45, 2.75) is 110 Å². The van der Waals surface area contributed by atoms with Gasteiger partial charge in [0.2, 0.25) is 0 Å². The van der Waals surface area contributed by atoms with Crippen LogP contribution >= 0.6 is 0 Å². The molecule has 0 radical (unpaired) electrons. The molecule has 1 spiro atoms. The van der Waals surface area contributed by atoms with Gasteiger partial charge in [0.25, 0.3) is 0 Å². The molecule has 4 saturated carbocycles. The highest BCUT2D eigenvalue weighted by molar-refractivity contribution is 5.18. The third kappa shape index (κ3) is 2.63. The molecule has 6 rings (SSSR count). The second-order valence-electron chi connectivity index (χ2n) is 13.1. The quantitative estimate of drug-likeness (QED) is 0.579. The highest BCUT2D eigenvalue weighted by Crippen LogP contribution is 2.71. The van der Waals surface area contributed by atoms with Crippen LogP contribution in [0.4, 0.5) is 0 Å². The van der Waals surface area contributed by atoms with Gasteiger partial charge in [0.1, 0.15) is 0 Å². The molecular formula is C27H44O4. The van der Waals surface area contributed by atoms with Gasteiger partial charge in [0.05, 0.1) is 24.9 Å². The Labute approximate surface area is 188 Å². The first-order chi connectivity index (χ1) is 14.7. The van der Waals surface area contributed by atoms with Crippen LogP contribution in [0.15, 0.2) is 0 Å². The first-order valence-electron chi connectivity index (χ1n) is 13.4. The average Bonchev–Trinajstić information content (AvgIpc) is 3.18. The molecule has 6 fully saturated rings. The number of ether oxygens (including phenoxy) is 2. The van der Waals surface area contributed by atoms with Crippen molar-refractivity contribution in [1.82, 2.24) is 0 Å². The van der Waals surface area contributed by atoms with E-state index in [1.807, 2.05) is 0 Å². The second kappa shape index (κ2) is 6.93. The zero-order valence-corrected chi connectivity index (χ0v) is 20.1. The monoisotopic (exact) mass is 432 g/mol. The van der Waals surface area contributed by atoms with Crippen LogP contribution in [0.2, 0.25) is 0 Å². The molecule has 2 aliphatic heterocycles. The van der Waals surface area contributed by atoms with E-state index in [0.29, 0.717) is 41.4 Å². The van der Waals surface area contributed by atoms with Crippen molar-refractivity contribution in [2.24, 2.45) is 52.3 Å². The first kappa shape index (κ1) is 21.4. The van der Waals surface area contributed by atoms with E-state index in [9.17, 15) is 10.2 Å². The molecule has 13 atom stereocenters. The maximum atomic E-state index is 11.8. The molecule has 2 saturated heterocycles. The zero-order chi connectivity index (χ0) is 21.8. The van der Waals surface area contributed by atoms with Crippen LogP contribution in [-0.2, 0) is 9.47 Å². The summed E-state index contributed by atoms with van der Waals surface area (Å²) in [5.74, 6) is 3.11. The van der Waals surface area contributed by atoms with E-state index in [1.165, 1.54) is 32.1 Å². The molecule has 0 aromatic rings. The van der Waals surface area contributed by atoms with E-state index in [-0.39, 0.29) is 29.1 Å². The smallest absolute Gasteiger partial charge is 0.171 e. The number of aliphatic hydroxyl groups excluding tert-OH is 2. The Morgan fingerprint density at radius 2 is 1.61 bits per heavy atom. The zero-order valence-electron chi connectivity index (χ0n) is 20.1. The molecule has 4 nitrogen and oxygen atoms in total. The van der Waals surface area contributed by atoms with E-state index >= 15 is 0 Å². The number of hydrogen-bond donors (Lipinski definition) is 2. The Hall–Kier alpha value is -0.160. The lowest BCUT2D eigenvalue weighted by molar-refractivity contribution is -0.275. The van der Waals surface area contributed by atoms with Crippen molar-refractivity contribution < 1.29 is 19.7 Å². The van der Waals surface area contributed by atoms with Crippen molar-refractivity contribution in [3.63, 3.8) is 0 Å². The maximum Gasteiger partial charge on any atom is 0.171 e. The van der Waals surface area contributed by atoms with Gasteiger partial charge >= 0.3 is 0 Å². The summed E-state index contributed by atoms with van der Waals surface area (Å²) in [5.41, 5.74) is -0.110. The maximum absolute atomic E-state index is 11.8. The minimum atomic E-state index is -0.421. The van der Waals surface area contributed by atoms with E-state index in [0.717, 1.165) is 32.3 Å². The van der Waals surface area contributed by atoms with Crippen molar-refractivity contribution in [2.75, 3.05) is 6.61 Å².